The van der Waals surface area contributed by atoms with Crippen molar-refractivity contribution in [2.75, 3.05) is 6.54 Å². The minimum atomic E-state index is -0.192. The van der Waals surface area contributed by atoms with Crippen LogP contribution < -0.4 is 5.32 Å². The van der Waals surface area contributed by atoms with Crippen LogP contribution in [-0.4, -0.2) is 21.3 Å². The summed E-state index contributed by atoms with van der Waals surface area (Å²) in [7, 11) is 0. The molecule has 4 nitrogen and oxygen atoms in total. The predicted octanol–water partition coefficient (Wildman–Crippen LogP) is 3.00. The molecule has 20 heavy (non-hydrogen) atoms. The molecule has 1 unspecified atom stereocenters. The number of benzene rings is 1. The average molecular weight is 276 g/mol. The number of hydrogen-bond donors (Lipinski definition) is 1. The van der Waals surface area contributed by atoms with Gasteiger partial charge < -0.3 is 5.32 Å². The van der Waals surface area contributed by atoms with Gasteiger partial charge >= 0.3 is 0 Å². The molecule has 0 saturated carbocycles. The molecule has 0 aliphatic carbocycles. The first-order valence-electron chi connectivity index (χ1n) is 6.88. The second-order valence-electron chi connectivity index (χ2n) is 5.06. The molecule has 0 spiro atoms. The Balaban J connectivity index is 2.61. The Labute approximate surface area is 119 Å². The van der Waals surface area contributed by atoms with Crippen molar-refractivity contribution in [1.82, 2.24) is 20.1 Å². The highest BCUT2D eigenvalue weighted by Gasteiger charge is 2.17. The van der Waals surface area contributed by atoms with Gasteiger partial charge in [0.2, 0.25) is 0 Å². The summed E-state index contributed by atoms with van der Waals surface area (Å²) in [5.41, 5.74) is 2.39. The van der Waals surface area contributed by atoms with Gasteiger partial charge in [-0.2, -0.15) is 5.10 Å². The molecule has 0 radical (unpaired) electrons. The lowest BCUT2D eigenvalue weighted by Gasteiger charge is -2.18. The molecule has 2 aromatic rings. The van der Waals surface area contributed by atoms with Crippen LogP contribution in [0.2, 0.25) is 0 Å². The molecular weight excluding hydrogens is 255 g/mol. The van der Waals surface area contributed by atoms with Crippen LogP contribution in [0, 0.1) is 26.6 Å². The van der Waals surface area contributed by atoms with E-state index >= 15 is 0 Å². The summed E-state index contributed by atoms with van der Waals surface area (Å²) in [6, 6.07) is 3.47. The smallest absolute Gasteiger partial charge is 0.148 e. The van der Waals surface area contributed by atoms with Crippen LogP contribution in [0.1, 0.15) is 42.7 Å². The van der Waals surface area contributed by atoms with E-state index in [2.05, 4.69) is 15.4 Å². The van der Waals surface area contributed by atoms with Crippen molar-refractivity contribution in [3.8, 4) is 5.69 Å². The average Bonchev–Trinajstić information content (AvgIpc) is 2.71. The van der Waals surface area contributed by atoms with E-state index in [0.717, 1.165) is 23.6 Å². The minimum absolute atomic E-state index is 0.0500. The van der Waals surface area contributed by atoms with Gasteiger partial charge in [0.1, 0.15) is 17.5 Å². The molecule has 1 atom stereocenters. The number of aryl methyl sites for hydroxylation is 3. The van der Waals surface area contributed by atoms with Crippen LogP contribution in [0.3, 0.4) is 0 Å². The van der Waals surface area contributed by atoms with Gasteiger partial charge in [0.05, 0.1) is 5.69 Å². The lowest BCUT2D eigenvalue weighted by molar-refractivity contribution is 0.574. The first-order chi connectivity index (χ1) is 9.43. The van der Waals surface area contributed by atoms with Crippen molar-refractivity contribution < 1.29 is 4.39 Å². The first-order valence-corrected chi connectivity index (χ1v) is 6.88. The summed E-state index contributed by atoms with van der Waals surface area (Å²) in [6.45, 7) is 10.4. The van der Waals surface area contributed by atoms with E-state index in [4.69, 9.17) is 0 Å². The van der Waals surface area contributed by atoms with E-state index in [1.54, 1.807) is 17.7 Å². The maximum absolute atomic E-state index is 13.9. The fraction of sp³-hybridized carbons (Fsp3) is 0.467. The highest BCUT2D eigenvalue weighted by Crippen LogP contribution is 2.25. The first kappa shape index (κ1) is 14.7. The molecule has 1 heterocycles. The van der Waals surface area contributed by atoms with Crippen LogP contribution in [-0.2, 0) is 0 Å². The Hall–Kier alpha value is -1.75. The molecule has 2 rings (SSSR count). The quantitative estimate of drug-likeness (QED) is 0.933. The second-order valence-corrected chi connectivity index (χ2v) is 5.06. The lowest BCUT2D eigenvalue weighted by Crippen LogP contribution is -2.20. The normalized spacial score (nSPS) is 12.7. The van der Waals surface area contributed by atoms with Crippen molar-refractivity contribution in [2.24, 2.45) is 0 Å². The zero-order valence-electron chi connectivity index (χ0n) is 12.7. The molecule has 0 fully saturated rings. The number of nitrogens with one attached hydrogen (secondary N) is 1. The zero-order valence-corrected chi connectivity index (χ0v) is 12.7. The molecule has 1 aromatic carbocycles. The number of hydrogen-bond acceptors (Lipinski definition) is 3. The van der Waals surface area contributed by atoms with Crippen LogP contribution in [0.5, 0.6) is 0 Å². The molecule has 1 N–H and O–H groups in total. The van der Waals surface area contributed by atoms with Gasteiger partial charge in [-0.3, -0.25) is 0 Å². The molecule has 108 valence electrons. The summed E-state index contributed by atoms with van der Waals surface area (Å²) < 4.78 is 15.7. The summed E-state index contributed by atoms with van der Waals surface area (Å²) >= 11 is 0. The Kier molecular flexibility index (Phi) is 4.18. The standard InChI is InChI=1S/C15H21FN4/c1-6-17-10(3)13-8-14(16)9(2)7-15(13)20-12(5)18-11(4)19-20/h7-8,10,17H,6H2,1-5H3. The third kappa shape index (κ3) is 2.72. The van der Waals surface area contributed by atoms with Gasteiger partial charge in [-0.05, 0) is 57.5 Å². The maximum Gasteiger partial charge on any atom is 0.148 e. The van der Waals surface area contributed by atoms with Crippen molar-refractivity contribution >= 4 is 0 Å². The third-order valence-corrected chi connectivity index (χ3v) is 3.39. The highest BCUT2D eigenvalue weighted by molar-refractivity contribution is 5.46. The van der Waals surface area contributed by atoms with Gasteiger partial charge in [-0.15, -0.1) is 0 Å². The van der Waals surface area contributed by atoms with Gasteiger partial charge in [-0.25, -0.2) is 14.1 Å². The van der Waals surface area contributed by atoms with Crippen molar-refractivity contribution in [3.63, 3.8) is 0 Å². The molecule has 0 aliphatic heterocycles. The van der Waals surface area contributed by atoms with Gasteiger partial charge in [0, 0.05) is 6.04 Å². The Morgan fingerprint density at radius 3 is 2.55 bits per heavy atom. The summed E-state index contributed by atoms with van der Waals surface area (Å²) in [5, 5.41) is 7.73. The molecule has 5 heteroatoms. The van der Waals surface area contributed by atoms with E-state index in [1.165, 1.54) is 0 Å². The van der Waals surface area contributed by atoms with Crippen LogP contribution in [0.15, 0.2) is 12.1 Å². The number of aromatic nitrogens is 3. The molecule has 0 amide bonds. The molecular formula is C15H21FN4. The van der Waals surface area contributed by atoms with Crippen LogP contribution >= 0.6 is 0 Å². The van der Waals surface area contributed by atoms with Gasteiger partial charge in [0.25, 0.3) is 0 Å². The highest BCUT2D eigenvalue weighted by atomic mass is 19.1. The topological polar surface area (TPSA) is 42.7 Å². The van der Waals surface area contributed by atoms with E-state index in [0.29, 0.717) is 11.4 Å². The maximum atomic E-state index is 13.9. The van der Waals surface area contributed by atoms with E-state index < -0.39 is 0 Å². The summed E-state index contributed by atoms with van der Waals surface area (Å²) in [5.74, 6) is 1.33. The fourth-order valence-electron chi connectivity index (χ4n) is 2.38. The Bertz CT molecular complexity index is 619. The number of halogens is 1. The lowest BCUT2D eigenvalue weighted by atomic mass is 10.0. The van der Waals surface area contributed by atoms with Gasteiger partial charge in [-0.1, -0.05) is 6.92 Å². The Morgan fingerprint density at radius 2 is 2.00 bits per heavy atom. The molecule has 0 bridgehead atoms. The molecule has 0 aliphatic rings. The number of nitrogens with zero attached hydrogens (tertiary/aromatic N) is 3. The summed E-state index contributed by atoms with van der Waals surface area (Å²) in [6.07, 6.45) is 0. The van der Waals surface area contributed by atoms with Crippen molar-refractivity contribution in [1.29, 1.82) is 0 Å². The molecule has 0 saturated heterocycles. The summed E-state index contributed by atoms with van der Waals surface area (Å²) in [4.78, 5) is 4.32. The van der Waals surface area contributed by atoms with Crippen molar-refractivity contribution in [2.45, 2.75) is 40.7 Å². The van der Waals surface area contributed by atoms with Crippen LogP contribution in [0.4, 0.5) is 4.39 Å². The minimum Gasteiger partial charge on any atom is -0.310 e. The van der Waals surface area contributed by atoms with Crippen molar-refractivity contribution in [3.05, 3.63) is 40.7 Å². The molecule has 1 aromatic heterocycles. The largest absolute Gasteiger partial charge is 0.310 e. The van der Waals surface area contributed by atoms with E-state index in [9.17, 15) is 4.39 Å². The monoisotopic (exact) mass is 276 g/mol. The van der Waals surface area contributed by atoms with E-state index in [-0.39, 0.29) is 11.9 Å². The third-order valence-electron chi connectivity index (χ3n) is 3.39. The fourth-order valence-corrected chi connectivity index (χ4v) is 2.38. The predicted molar refractivity (Wildman–Crippen MR) is 77.6 cm³/mol. The number of rotatable bonds is 4. The Morgan fingerprint density at radius 1 is 1.30 bits per heavy atom. The van der Waals surface area contributed by atoms with E-state index in [1.807, 2.05) is 33.8 Å². The second kappa shape index (κ2) is 5.71. The van der Waals surface area contributed by atoms with Gasteiger partial charge in [0.15, 0.2) is 0 Å². The van der Waals surface area contributed by atoms with Crippen LogP contribution in [0.25, 0.3) is 5.69 Å². The zero-order chi connectivity index (χ0) is 14.9. The SMILES string of the molecule is CCNC(C)c1cc(F)c(C)cc1-n1nc(C)nc1C.